The highest BCUT2D eigenvalue weighted by atomic mass is 16.5. The van der Waals surface area contributed by atoms with Crippen LogP contribution >= 0.6 is 0 Å². The maximum absolute atomic E-state index is 5.17. The number of likely N-dealkylation sites (tertiary alicyclic amines) is 1. The Morgan fingerprint density at radius 3 is 2.68 bits per heavy atom. The molecule has 0 N–H and O–H groups in total. The van der Waals surface area contributed by atoms with Gasteiger partial charge in [0.25, 0.3) is 0 Å². The average molecular weight is 375 g/mol. The summed E-state index contributed by atoms with van der Waals surface area (Å²) in [6, 6.07) is 12.7. The van der Waals surface area contributed by atoms with Gasteiger partial charge < -0.3 is 9.64 Å². The Morgan fingerprint density at radius 2 is 1.86 bits per heavy atom. The number of pyridine rings is 1. The van der Waals surface area contributed by atoms with Gasteiger partial charge in [0.05, 0.1) is 24.3 Å². The van der Waals surface area contributed by atoms with E-state index in [1.54, 1.807) is 7.11 Å². The van der Waals surface area contributed by atoms with Crippen LogP contribution < -0.4 is 9.64 Å². The number of rotatable bonds is 4. The molecule has 3 aromatic rings. The third-order valence-electron chi connectivity index (χ3n) is 6.13. The molecule has 2 unspecified atom stereocenters. The average Bonchev–Trinajstić information content (AvgIpc) is 3.16. The van der Waals surface area contributed by atoms with Crippen molar-refractivity contribution in [2.45, 2.75) is 25.4 Å². The van der Waals surface area contributed by atoms with Crippen LogP contribution in [0.3, 0.4) is 0 Å². The molecule has 6 nitrogen and oxygen atoms in total. The highest BCUT2D eigenvalue weighted by molar-refractivity contribution is 5.75. The molecule has 144 valence electrons. The van der Waals surface area contributed by atoms with E-state index in [1.807, 2.05) is 42.7 Å². The van der Waals surface area contributed by atoms with E-state index in [4.69, 9.17) is 9.72 Å². The van der Waals surface area contributed by atoms with Gasteiger partial charge in [-0.1, -0.05) is 18.2 Å². The lowest BCUT2D eigenvalue weighted by atomic mass is 9.92. The van der Waals surface area contributed by atoms with E-state index in [1.165, 1.54) is 18.4 Å². The number of anilines is 1. The Hall–Kier alpha value is -2.73. The molecule has 0 saturated carbocycles. The third-order valence-corrected chi connectivity index (χ3v) is 6.13. The second-order valence-electron chi connectivity index (χ2n) is 7.75. The fraction of sp³-hybridized carbons (Fsp3) is 0.409. The van der Waals surface area contributed by atoms with Crippen LogP contribution in [0.5, 0.6) is 5.88 Å². The van der Waals surface area contributed by atoms with Crippen molar-refractivity contribution in [3.63, 3.8) is 0 Å². The summed E-state index contributed by atoms with van der Waals surface area (Å²) in [6.07, 6.45) is 6.36. The molecule has 0 radical (unpaired) electrons. The molecule has 2 saturated heterocycles. The van der Waals surface area contributed by atoms with Gasteiger partial charge in [0.2, 0.25) is 5.88 Å². The first-order valence-electron chi connectivity index (χ1n) is 10.00. The van der Waals surface area contributed by atoms with Crippen molar-refractivity contribution in [3.05, 3.63) is 54.4 Å². The van der Waals surface area contributed by atoms with Crippen LogP contribution in [0.15, 0.2) is 48.8 Å². The number of nitrogens with zero attached hydrogens (tertiary/aromatic N) is 5. The topological polar surface area (TPSA) is 54.4 Å². The zero-order chi connectivity index (χ0) is 18.9. The van der Waals surface area contributed by atoms with Crippen molar-refractivity contribution >= 4 is 16.9 Å². The number of methoxy groups -OCH3 is 1. The molecule has 0 amide bonds. The van der Waals surface area contributed by atoms with Crippen LogP contribution in [0.4, 0.5) is 5.82 Å². The van der Waals surface area contributed by atoms with Gasteiger partial charge >= 0.3 is 0 Å². The Labute approximate surface area is 165 Å². The lowest BCUT2D eigenvalue weighted by molar-refractivity contribution is 0.200. The Morgan fingerprint density at radius 1 is 1.00 bits per heavy atom. The zero-order valence-corrected chi connectivity index (χ0v) is 16.2. The van der Waals surface area contributed by atoms with Gasteiger partial charge in [-0.15, -0.1) is 0 Å². The number of aromatic nitrogens is 3. The van der Waals surface area contributed by atoms with Gasteiger partial charge in [0.1, 0.15) is 5.82 Å². The van der Waals surface area contributed by atoms with E-state index in [9.17, 15) is 0 Å². The fourth-order valence-corrected chi connectivity index (χ4v) is 4.59. The summed E-state index contributed by atoms with van der Waals surface area (Å²) in [5.41, 5.74) is 3.16. The molecule has 4 heterocycles. The molecular weight excluding hydrogens is 350 g/mol. The summed E-state index contributed by atoms with van der Waals surface area (Å²) < 4.78 is 5.17. The standard InChI is InChI=1S/C22H25N5O/c1-28-22-7-6-16(12-24-22)14-26-10-8-17-9-11-27(15-20(17)26)21-13-23-18-4-2-3-5-19(18)25-21/h2-7,12-13,17,20H,8-11,14-15H2,1H3. The van der Waals surface area contributed by atoms with E-state index < -0.39 is 0 Å². The summed E-state index contributed by atoms with van der Waals surface area (Å²) >= 11 is 0. The predicted molar refractivity (Wildman–Crippen MR) is 109 cm³/mol. The van der Waals surface area contributed by atoms with Crippen molar-refractivity contribution in [3.8, 4) is 5.88 Å². The first kappa shape index (κ1) is 17.4. The SMILES string of the molecule is COc1ccc(CN2CCC3CCN(c4cnc5ccccc5n4)CC32)cn1. The van der Waals surface area contributed by atoms with E-state index in [0.717, 1.165) is 48.9 Å². The maximum atomic E-state index is 5.17. The molecule has 5 rings (SSSR count). The molecular formula is C22H25N5O. The largest absolute Gasteiger partial charge is 0.481 e. The molecule has 28 heavy (non-hydrogen) atoms. The Kier molecular flexibility index (Phi) is 4.56. The quantitative estimate of drug-likeness (QED) is 0.698. The second-order valence-corrected chi connectivity index (χ2v) is 7.75. The number of hydrogen-bond acceptors (Lipinski definition) is 6. The van der Waals surface area contributed by atoms with E-state index in [2.05, 4.69) is 25.8 Å². The van der Waals surface area contributed by atoms with Gasteiger partial charge in [-0.3, -0.25) is 9.88 Å². The minimum Gasteiger partial charge on any atom is -0.481 e. The monoisotopic (exact) mass is 375 g/mol. The lowest BCUT2D eigenvalue weighted by Gasteiger charge is -2.39. The van der Waals surface area contributed by atoms with Crippen molar-refractivity contribution in [1.82, 2.24) is 19.9 Å². The maximum Gasteiger partial charge on any atom is 0.212 e. The minimum absolute atomic E-state index is 0.559. The molecule has 2 aliphatic heterocycles. The normalized spacial score (nSPS) is 22.4. The summed E-state index contributed by atoms with van der Waals surface area (Å²) in [6.45, 7) is 4.17. The lowest BCUT2D eigenvalue weighted by Crippen LogP contribution is -2.48. The van der Waals surface area contributed by atoms with Gasteiger partial charge in [-0.2, -0.15) is 0 Å². The highest BCUT2D eigenvalue weighted by Gasteiger charge is 2.38. The fourth-order valence-electron chi connectivity index (χ4n) is 4.59. The van der Waals surface area contributed by atoms with Crippen LogP contribution in [0.1, 0.15) is 18.4 Å². The number of fused-ring (bicyclic) bond motifs is 2. The third kappa shape index (κ3) is 3.29. The number of ether oxygens (including phenoxy) is 1. The van der Waals surface area contributed by atoms with Crippen molar-refractivity contribution in [1.29, 1.82) is 0 Å². The van der Waals surface area contributed by atoms with Crippen LogP contribution in [0, 0.1) is 5.92 Å². The second kappa shape index (κ2) is 7.36. The molecule has 2 aliphatic rings. The van der Waals surface area contributed by atoms with Crippen LogP contribution in [-0.2, 0) is 6.54 Å². The summed E-state index contributed by atoms with van der Waals surface area (Å²) in [7, 11) is 1.65. The minimum atomic E-state index is 0.559. The highest BCUT2D eigenvalue weighted by Crippen LogP contribution is 2.34. The van der Waals surface area contributed by atoms with Gasteiger partial charge in [0.15, 0.2) is 0 Å². The number of hydrogen-bond donors (Lipinski definition) is 0. The molecule has 0 aliphatic carbocycles. The van der Waals surface area contributed by atoms with Gasteiger partial charge in [0, 0.05) is 37.9 Å². The van der Waals surface area contributed by atoms with Gasteiger partial charge in [-0.25, -0.2) is 9.97 Å². The number of benzene rings is 1. The zero-order valence-electron chi connectivity index (χ0n) is 16.2. The molecule has 0 bridgehead atoms. The van der Waals surface area contributed by atoms with Crippen LogP contribution in [0.25, 0.3) is 11.0 Å². The van der Waals surface area contributed by atoms with Crippen LogP contribution in [0.2, 0.25) is 0 Å². The number of para-hydroxylation sites is 2. The van der Waals surface area contributed by atoms with Crippen molar-refractivity contribution in [2.75, 3.05) is 31.6 Å². The molecule has 2 atom stereocenters. The smallest absolute Gasteiger partial charge is 0.212 e. The molecule has 1 aromatic carbocycles. The first-order chi connectivity index (χ1) is 13.8. The molecule has 2 fully saturated rings. The summed E-state index contributed by atoms with van der Waals surface area (Å²) in [5, 5.41) is 0. The van der Waals surface area contributed by atoms with E-state index in [-0.39, 0.29) is 0 Å². The van der Waals surface area contributed by atoms with Crippen molar-refractivity contribution < 1.29 is 4.74 Å². The van der Waals surface area contributed by atoms with Gasteiger partial charge in [-0.05, 0) is 43.0 Å². The predicted octanol–water partition coefficient (Wildman–Crippen LogP) is 3.13. The van der Waals surface area contributed by atoms with E-state index >= 15 is 0 Å². The summed E-state index contributed by atoms with van der Waals surface area (Å²) in [5.74, 6) is 2.44. The number of piperidine rings is 1. The van der Waals surface area contributed by atoms with Crippen molar-refractivity contribution in [2.24, 2.45) is 5.92 Å². The first-order valence-corrected chi connectivity index (χ1v) is 10.00. The Balaban J connectivity index is 1.32. The molecule has 6 heteroatoms. The van der Waals surface area contributed by atoms with E-state index in [0.29, 0.717) is 11.9 Å². The molecule has 2 aromatic heterocycles. The summed E-state index contributed by atoms with van der Waals surface area (Å²) in [4.78, 5) is 18.8. The Bertz CT molecular complexity index is 961. The van der Waals surface area contributed by atoms with Crippen LogP contribution in [-0.4, -0.2) is 52.6 Å². The molecule has 0 spiro atoms.